The molecule has 0 saturated carbocycles. The minimum Gasteiger partial charge on any atom is -0.487 e. The molecule has 0 spiro atoms. The van der Waals surface area contributed by atoms with Gasteiger partial charge in [-0.25, -0.2) is 0 Å². The van der Waals surface area contributed by atoms with E-state index in [1.807, 2.05) is 32.0 Å². The molecule has 0 aromatic heterocycles. The second kappa shape index (κ2) is 3.50. The number of benzene rings is 1. The molecule has 14 heavy (non-hydrogen) atoms. The van der Waals surface area contributed by atoms with Crippen LogP contribution in [-0.4, -0.2) is 12.7 Å². The van der Waals surface area contributed by atoms with Gasteiger partial charge in [0, 0.05) is 5.56 Å². The normalized spacial score (nSPS) is 19.3. The third-order valence-corrected chi connectivity index (χ3v) is 2.18. The second-order valence-corrected chi connectivity index (χ2v) is 3.76. The summed E-state index contributed by atoms with van der Waals surface area (Å²) in [6.07, 6.45) is 0.155. The molecule has 3 heteroatoms. The lowest BCUT2D eigenvalue weighted by molar-refractivity contribution is 0.226. The average Bonchev–Trinajstić information content (AvgIpc) is 2.49. The molecular weight excluding hydrogens is 178 g/mol. The highest BCUT2D eigenvalue weighted by Crippen LogP contribution is 2.39. The number of para-hydroxylation sites is 1. The first-order valence-corrected chi connectivity index (χ1v) is 4.86. The van der Waals surface area contributed by atoms with Crippen molar-refractivity contribution < 1.29 is 9.47 Å². The topological polar surface area (TPSA) is 44.5 Å². The van der Waals surface area contributed by atoms with E-state index in [1.54, 1.807) is 0 Å². The van der Waals surface area contributed by atoms with Crippen molar-refractivity contribution in [2.45, 2.75) is 26.0 Å². The zero-order valence-corrected chi connectivity index (χ0v) is 8.49. The van der Waals surface area contributed by atoms with Crippen LogP contribution in [0.2, 0.25) is 0 Å². The molecule has 0 fully saturated rings. The van der Waals surface area contributed by atoms with Crippen molar-refractivity contribution in [3.05, 3.63) is 23.8 Å². The van der Waals surface area contributed by atoms with Crippen LogP contribution in [0, 0.1) is 0 Å². The van der Waals surface area contributed by atoms with Crippen molar-refractivity contribution in [3.63, 3.8) is 0 Å². The zero-order valence-electron chi connectivity index (χ0n) is 8.49. The monoisotopic (exact) mass is 193 g/mol. The molecule has 1 aliphatic heterocycles. The summed E-state index contributed by atoms with van der Waals surface area (Å²) in [5, 5.41) is 0. The summed E-state index contributed by atoms with van der Waals surface area (Å²) < 4.78 is 11.1. The van der Waals surface area contributed by atoms with Gasteiger partial charge >= 0.3 is 0 Å². The molecule has 2 rings (SSSR count). The number of rotatable bonds is 2. The Morgan fingerprint density at radius 1 is 1.50 bits per heavy atom. The summed E-state index contributed by atoms with van der Waals surface area (Å²) in [5.74, 6) is 1.61. The smallest absolute Gasteiger partial charge is 0.166 e. The highest BCUT2D eigenvalue weighted by atomic mass is 16.5. The third kappa shape index (κ3) is 1.55. The second-order valence-electron chi connectivity index (χ2n) is 3.76. The number of hydrogen-bond acceptors (Lipinski definition) is 3. The third-order valence-electron chi connectivity index (χ3n) is 2.18. The molecule has 0 bridgehead atoms. The summed E-state index contributed by atoms with van der Waals surface area (Å²) in [6.45, 7) is 4.54. The van der Waals surface area contributed by atoms with Crippen LogP contribution in [0.4, 0.5) is 0 Å². The minimum atomic E-state index is -0.0132. The van der Waals surface area contributed by atoms with E-state index < -0.39 is 0 Å². The van der Waals surface area contributed by atoms with Crippen molar-refractivity contribution in [3.8, 4) is 11.5 Å². The maximum absolute atomic E-state index is 5.87. The summed E-state index contributed by atoms with van der Waals surface area (Å²) >= 11 is 0. The fourth-order valence-corrected chi connectivity index (χ4v) is 1.59. The van der Waals surface area contributed by atoms with Gasteiger partial charge in [0.25, 0.3) is 0 Å². The van der Waals surface area contributed by atoms with Crippen molar-refractivity contribution in [2.75, 3.05) is 6.61 Å². The van der Waals surface area contributed by atoms with Crippen LogP contribution in [0.15, 0.2) is 18.2 Å². The van der Waals surface area contributed by atoms with Gasteiger partial charge in [0.15, 0.2) is 11.5 Å². The summed E-state index contributed by atoms with van der Waals surface area (Å²) in [6, 6.07) is 5.84. The van der Waals surface area contributed by atoms with Gasteiger partial charge in [-0.15, -0.1) is 0 Å². The van der Waals surface area contributed by atoms with Crippen LogP contribution >= 0.6 is 0 Å². The summed E-state index contributed by atoms with van der Waals surface area (Å²) in [5.41, 5.74) is 6.91. The Balaban J connectivity index is 2.34. The van der Waals surface area contributed by atoms with Gasteiger partial charge in [-0.3, -0.25) is 0 Å². The Morgan fingerprint density at radius 3 is 3.00 bits per heavy atom. The predicted octanol–water partition coefficient (Wildman–Crippen LogP) is 1.87. The number of fused-ring (bicyclic) bond motifs is 1. The van der Waals surface area contributed by atoms with Crippen LogP contribution in [0.25, 0.3) is 0 Å². The molecule has 2 N–H and O–H groups in total. The number of nitrogens with two attached hydrogens (primary N) is 1. The van der Waals surface area contributed by atoms with Crippen molar-refractivity contribution >= 4 is 0 Å². The Hall–Kier alpha value is -1.22. The van der Waals surface area contributed by atoms with Crippen LogP contribution in [-0.2, 0) is 0 Å². The van der Waals surface area contributed by atoms with Gasteiger partial charge in [0.2, 0.25) is 0 Å². The fourth-order valence-electron chi connectivity index (χ4n) is 1.59. The lowest BCUT2D eigenvalue weighted by atomic mass is 10.1. The van der Waals surface area contributed by atoms with Crippen molar-refractivity contribution in [2.24, 2.45) is 5.73 Å². The molecule has 0 aliphatic carbocycles. The van der Waals surface area contributed by atoms with Gasteiger partial charge in [0.1, 0.15) is 6.61 Å². The largest absolute Gasteiger partial charge is 0.487 e. The first kappa shape index (κ1) is 9.34. The molecule has 3 nitrogen and oxygen atoms in total. The van der Waals surface area contributed by atoms with Crippen LogP contribution in [0.1, 0.15) is 25.5 Å². The number of ether oxygens (including phenoxy) is 2. The van der Waals surface area contributed by atoms with E-state index in [2.05, 4.69) is 0 Å². The molecule has 0 amide bonds. The van der Waals surface area contributed by atoms with Gasteiger partial charge in [-0.05, 0) is 19.9 Å². The molecule has 0 saturated heterocycles. The van der Waals surface area contributed by atoms with Crippen LogP contribution < -0.4 is 15.2 Å². The highest BCUT2D eigenvalue weighted by molar-refractivity contribution is 5.50. The van der Waals surface area contributed by atoms with Gasteiger partial charge < -0.3 is 15.2 Å². The van der Waals surface area contributed by atoms with Crippen LogP contribution in [0.3, 0.4) is 0 Å². The molecule has 1 atom stereocenters. The molecule has 1 aliphatic rings. The maximum Gasteiger partial charge on any atom is 0.166 e. The average molecular weight is 193 g/mol. The summed E-state index contributed by atoms with van der Waals surface area (Å²) in [7, 11) is 0. The Bertz CT molecular complexity index is 336. The summed E-state index contributed by atoms with van der Waals surface area (Å²) in [4.78, 5) is 0. The quantitative estimate of drug-likeness (QED) is 0.779. The molecule has 1 aromatic rings. The molecule has 0 radical (unpaired) electrons. The first-order chi connectivity index (χ1) is 6.68. The highest BCUT2D eigenvalue weighted by Gasteiger charge is 2.24. The zero-order chi connectivity index (χ0) is 10.1. The van der Waals surface area contributed by atoms with E-state index in [9.17, 15) is 0 Å². The standard InChI is InChI=1S/C11H15NO2/c1-7(2)14-10-5-3-4-8-9(12)6-13-11(8)10/h3-5,7,9H,6,12H2,1-2H3/t9-/m1/s1. The van der Waals surface area contributed by atoms with Crippen molar-refractivity contribution in [1.82, 2.24) is 0 Å². The first-order valence-electron chi connectivity index (χ1n) is 4.86. The fraction of sp³-hybridized carbons (Fsp3) is 0.455. The Morgan fingerprint density at radius 2 is 2.29 bits per heavy atom. The lowest BCUT2D eigenvalue weighted by Crippen LogP contribution is -2.10. The lowest BCUT2D eigenvalue weighted by Gasteiger charge is -2.12. The van der Waals surface area contributed by atoms with Crippen molar-refractivity contribution in [1.29, 1.82) is 0 Å². The van der Waals surface area contributed by atoms with E-state index in [-0.39, 0.29) is 12.1 Å². The molecule has 1 aromatic carbocycles. The van der Waals surface area contributed by atoms with Crippen LogP contribution in [0.5, 0.6) is 11.5 Å². The van der Waals surface area contributed by atoms with E-state index in [1.165, 1.54) is 0 Å². The van der Waals surface area contributed by atoms with E-state index in [0.717, 1.165) is 17.1 Å². The molecule has 0 unspecified atom stereocenters. The minimum absolute atomic E-state index is 0.0132. The predicted molar refractivity (Wildman–Crippen MR) is 54.6 cm³/mol. The van der Waals surface area contributed by atoms with Gasteiger partial charge in [-0.2, -0.15) is 0 Å². The molecule has 76 valence electrons. The van der Waals surface area contributed by atoms with E-state index in [0.29, 0.717) is 6.61 Å². The molecule has 1 heterocycles. The van der Waals surface area contributed by atoms with Gasteiger partial charge in [0.05, 0.1) is 12.1 Å². The van der Waals surface area contributed by atoms with E-state index in [4.69, 9.17) is 15.2 Å². The number of hydrogen-bond donors (Lipinski definition) is 1. The maximum atomic E-state index is 5.87. The Labute approximate surface area is 83.8 Å². The SMILES string of the molecule is CC(C)Oc1cccc2c1OC[C@H]2N. The van der Waals surface area contributed by atoms with E-state index >= 15 is 0 Å². The van der Waals surface area contributed by atoms with Gasteiger partial charge in [-0.1, -0.05) is 12.1 Å². The molecular formula is C11H15NO2. The Kier molecular flexibility index (Phi) is 2.33.